The van der Waals surface area contributed by atoms with E-state index in [1.54, 1.807) is 0 Å². The monoisotopic (exact) mass is 182 g/mol. The fourth-order valence-electron chi connectivity index (χ4n) is 1.79. The van der Waals surface area contributed by atoms with Crippen LogP contribution in [0.2, 0.25) is 0 Å². The molecule has 0 bridgehead atoms. The molecule has 0 radical (unpaired) electrons. The van der Waals surface area contributed by atoms with Gasteiger partial charge in [0.15, 0.2) is 0 Å². The molecule has 0 N–H and O–H groups in total. The van der Waals surface area contributed by atoms with Crippen molar-refractivity contribution >= 4 is 0 Å². The molecule has 2 nitrogen and oxygen atoms in total. The number of nitrogens with zero attached hydrogens (tertiary/aromatic N) is 2. The molecule has 1 aliphatic rings. The molecule has 0 aromatic carbocycles. The van der Waals surface area contributed by atoms with E-state index in [2.05, 4.69) is 43.0 Å². The minimum Gasteiger partial charge on any atom is -0.357 e. The van der Waals surface area contributed by atoms with Crippen LogP contribution < -0.4 is 0 Å². The van der Waals surface area contributed by atoms with Crippen molar-refractivity contribution in [2.75, 3.05) is 13.1 Å². The SMILES string of the molecule is CCCCCN1C=CN(CC)C1C. The molecule has 0 aromatic heterocycles. The second-order valence-electron chi connectivity index (χ2n) is 3.71. The average molecular weight is 182 g/mol. The molecular weight excluding hydrogens is 160 g/mol. The third kappa shape index (κ3) is 2.64. The standard InChI is InChI=1S/C11H22N2/c1-4-6-7-8-13-10-9-12(5-2)11(13)3/h9-11H,4-8H2,1-3H3. The molecule has 0 saturated heterocycles. The van der Waals surface area contributed by atoms with Gasteiger partial charge in [-0.1, -0.05) is 19.8 Å². The molecule has 0 aliphatic carbocycles. The van der Waals surface area contributed by atoms with Crippen LogP contribution in [0, 0.1) is 0 Å². The lowest BCUT2D eigenvalue weighted by atomic mass is 10.2. The first-order chi connectivity index (χ1) is 6.29. The molecule has 13 heavy (non-hydrogen) atoms. The second kappa shape index (κ2) is 5.15. The van der Waals surface area contributed by atoms with Gasteiger partial charge in [-0.3, -0.25) is 0 Å². The lowest BCUT2D eigenvalue weighted by Crippen LogP contribution is -2.36. The van der Waals surface area contributed by atoms with Gasteiger partial charge in [-0.25, -0.2) is 0 Å². The molecule has 1 heterocycles. The van der Waals surface area contributed by atoms with Crippen LogP contribution in [0.25, 0.3) is 0 Å². The molecule has 0 spiro atoms. The molecule has 1 aliphatic heterocycles. The van der Waals surface area contributed by atoms with Gasteiger partial charge in [0, 0.05) is 25.5 Å². The summed E-state index contributed by atoms with van der Waals surface area (Å²) in [6.07, 6.45) is 8.98. The van der Waals surface area contributed by atoms with Gasteiger partial charge in [-0.05, 0) is 20.3 Å². The lowest BCUT2D eigenvalue weighted by Gasteiger charge is -2.28. The minimum atomic E-state index is 0.571. The predicted octanol–water partition coefficient (Wildman–Crippen LogP) is 2.63. The molecule has 0 amide bonds. The highest BCUT2D eigenvalue weighted by Crippen LogP contribution is 2.15. The van der Waals surface area contributed by atoms with E-state index in [4.69, 9.17) is 0 Å². The molecule has 76 valence electrons. The summed E-state index contributed by atoms with van der Waals surface area (Å²) in [5.41, 5.74) is 0. The Morgan fingerprint density at radius 2 is 1.77 bits per heavy atom. The highest BCUT2D eigenvalue weighted by molar-refractivity contribution is 4.94. The zero-order valence-corrected chi connectivity index (χ0v) is 9.16. The van der Waals surface area contributed by atoms with E-state index >= 15 is 0 Å². The predicted molar refractivity (Wildman–Crippen MR) is 57.2 cm³/mol. The fraction of sp³-hybridized carbons (Fsp3) is 0.818. The van der Waals surface area contributed by atoms with Crippen LogP contribution in [0.15, 0.2) is 12.4 Å². The van der Waals surface area contributed by atoms with Crippen LogP contribution in [0.1, 0.15) is 40.0 Å². The van der Waals surface area contributed by atoms with Gasteiger partial charge < -0.3 is 9.80 Å². The van der Waals surface area contributed by atoms with E-state index in [-0.39, 0.29) is 0 Å². The first-order valence-corrected chi connectivity index (χ1v) is 5.49. The lowest BCUT2D eigenvalue weighted by molar-refractivity contribution is 0.173. The smallest absolute Gasteiger partial charge is 0.0977 e. The Kier molecular flexibility index (Phi) is 4.13. The largest absolute Gasteiger partial charge is 0.357 e. The molecular formula is C11H22N2. The molecule has 1 rings (SSSR count). The fourth-order valence-corrected chi connectivity index (χ4v) is 1.79. The highest BCUT2D eigenvalue weighted by atomic mass is 15.4. The van der Waals surface area contributed by atoms with Gasteiger partial charge >= 0.3 is 0 Å². The summed E-state index contributed by atoms with van der Waals surface area (Å²) >= 11 is 0. The van der Waals surface area contributed by atoms with Crippen molar-refractivity contribution < 1.29 is 0 Å². The summed E-state index contributed by atoms with van der Waals surface area (Å²) in [4.78, 5) is 4.80. The summed E-state index contributed by atoms with van der Waals surface area (Å²) in [5.74, 6) is 0. The van der Waals surface area contributed by atoms with E-state index in [0.717, 1.165) is 6.54 Å². The summed E-state index contributed by atoms with van der Waals surface area (Å²) < 4.78 is 0. The minimum absolute atomic E-state index is 0.571. The maximum atomic E-state index is 2.43. The molecule has 2 heteroatoms. The summed E-state index contributed by atoms with van der Waals surface area (Å²) in [6, 6.07) is 0. The van der Waals surface area contributed by atoms with E-state index in [9.17, 15) is 0 Å². The molecule has 0 saturated carbocycles. The molecule has 0 aromatic rings. The summed E-state index contributed by atoms with van der Waals surface area (Å²) in [5, 5.41) is 0. The average Bonchev–Trinajstić information content (AvgIpc) is 2.48. The van der Waals surface area contributed by atoms with Gasteiger partial charge in [0.05, 0.1) is 6.17 Å². The normalized spacial score (nSPS) is 21.6. The van der Waals surface area contributed by atoms with Crippen LogP contribution in [-0.2, 0) is 0 Å². The topological polar surface area (TPSA) is 6.48 Å². The molecule has 1 unspecified atom stereocenters. The number of unbranched alkanes of at least 4 members (excludes halogenated alkanes) is 2. The van der Waals surface area contributed by atoms with E-state index in [1.165, 1.54) is 25.8 Å². The Balaban J connectivity index is 2.25. The van der Waals surface area contributed by atoms with Crippen LogP contribution in [0.4, 0.5) is 0 Å². The number of rotatable bonds is 5. The molecule has 1 atom stereocenters. The summed E-state index contributed by atoms with van der Waals surface area (Å²) in [6.45, 7) is 9.05. The quantitative estimate of drug-likeness (QED) is 0.603. The van der Waals surface area contributed by atoms with Gasteiger partial charge in [-0.2, -0.15) is 0 Å². The third-order valence-electron chi connectivity index (χ3n) is 2.79. The molecule has 0 fully saturated rings. The Labute approximate surface area is 82.2 Å². The van der Waals surface area contributed by atoms with E-state index < -0.39 is 0 Å². The zero-order valence-electron chi connectivity index (χ0n) is 9.16. The van der Waals surface area contributed by atoms with Gasteiger partial charge in [-0.15, -0.1) is 0 Å². The maximum Gasteiger partial charge on any atom is 0.0977 e. The Morgan fingerprint density at radius 3 is 2.31 bits per heavy atom. The van der Waals surface area contributed by atoms with E-state index in [1.807, 2.05) is 0 Å². The van der Waals surface area contributed by atoms with Crippen LogP contribution >= 0.6 is 0 Å². The summed E-state index contributed by atoms with van der Waals surface area (Å²) in [7, 11) is 0. The zero-order chi connectivity index (χ0) is 9.68. The van der Waals surface area contributed by atoms with Gasteiger partial charge in [0.25, 0.3) is 0 Å². The Hall–Kier alpha value is -0.660. The van der Waals surface area contributed by atoms with Gasteiger partial charge in [0.1, 0.15) is 0 Å². The van der Waals surface area contributed by atoms with Crippen molar-refractivity contribution in [2.45, 2.75) is 46.2 Å². The third-order valence-corrected chi connectivity index (χ3v) is 2.79. The van der Waals surface area contributed by atoms with Gasteiger partial charge in [0.2, 0.25) is 0 Å². The first kappa shape index (κ1) is 10.4. The second-order valence-corrected chi connectivity index (χ2v) is 3.71. The number of hydrogen-bond acceptors (Lipinski definition) is 2. The number of hydrogen-bond donors (Lipinski definition) is 0. The van der Waals surface area contributed by atoms with Crippen LogP contribution in [0.5, 0.6) is 0 Å². The van der Waals surface area contributed by atoms with Crippen molar-refractivity contribution in [2.24, 2.45) is 0 Å². The van der Waals surface area contributed by atoms with Crippen molar-refractivity contribution in [1.29, 1.82) is 0 Å². The van der Waals surface area contributed by atoms with Crippen molar-refractivity contribution in [1.82, 2.24) is 9.80 Å². The first-order valence-electron chi connectivity index (χ1n) is 5.49. The Morgan fingerprint density at radius 1 is 1.08 bits per heavy atom. The van der Waals surface area contributed by atoms with Crippen LogP contribution in [0.3, 0.4) is 0 Å². The maximum absolute atomic E-state index is 2.43. The highest BCUT2D eigenvalue weighted by Gasteiger charge is 2.18. The van der Waals surface area contributed by atoms with Crippen molar-refractivity contribution in [3.63, 3.8) is 0 Å². The van der Waals surface area contributed by atoms with E-state index in [0.29, 0.717) is 6.17 Å². The Bertz CT molecular complexity index is 165. The van der Waals surface area contributed by atoms with Crippen LogP contribution in [-0.4, -0.2) is 29.1 Å². The van der Waals surface area contributed by atoms with Crippen molar-refractivity contribution in [3.05, 3.63) is 12.4 Å². The van der Waals surface area contributed by atoms with Crippen molar-refractivity contribution in [3.8, 4) is 0 Å².